The molecule has 1 rings (SSSR count). The van der Waals surface area contributed by atoms with E-state index >= 15 is 0 Å². The number of methoxy groups -OCH3 is 2. The molecule has 1 aromatic carbocycles. The lowest BCUT2D eigenvalue weighted by molar-refractivity contribution is 0.354. The minimum absolute atomic E-state index is 0.0604. The van der Waals surface area contributed by atoms with Gasteiger partial charge in [0.15, 0.2) is 11.5 Å². The van der Waals surface area contributed by atoms with E-state index in [0.29, 0.717) is 5.75 Å². The molecule has 77 valence electrons. The van der Waals surface area contributed by atoms with E-state index in [1.165, 1.54) is 0 Å². The van der Waals surface area contributed by atoms with Crippen molar-refractivity contribution in [2.45, 2.75) is 13.0 Å². The Morgan fingerprint density at radius 2 is 1.86 bits per heavy atom. The Hall–Kier alpha value is -1.22. The zero-order valence-corrected chi connectivity index (χ0v) is 8.78. The van der Waals surface area contributed by atoms with Crippen LogP contribution in [-0.4, -0.2) is 14.2 Å². The first kappa shape index (κ1) is 10.9. The fourth-order valence-corrected chi connectivity index (χ4v) is 1.25. The van der Waals surface area contributed by atoms with Gasteiger partial charge in [0.25, 0.3) is 0 Å². The Morgan fingerprint density at radius 1 is 1.21 bits per heavy atom. The largest absolute Gasteiger partial charge is 0.493 e. The third-order valence-electron chi connectivity index (χ3n) is 2.15. The van der Waals surface area contributed by atoms with Gasteiger partial charge in [-0.15, -0.1) is 0 Å². The van der Waals surface area contributed by atoms with Gasteiger partial charge in [0.2, 0.25) is 0 Å². The summed E-state index contributed by atoms with van der Waals surface area (Å²) in [6.45, 7) is 1.93. The van der Waals surface area contributed by atoms with Crippen molar-refractivity contribution in [2.75, 3.05) is 14.2 Å². The molecule has 0 fully saturated rings. The fraction of sp³-hybridized carbons (Fsp3) is 0.364. The van der Waals surface area contributed by atoms with E-state index in [1.54, 1.807) is 14.2 Å². The fourth-order valence-electron chi connectivity index (χ4n) is 1.25. The van der Waals surface area contributed by atoms with E-state index in [4.69, 9.17) is 15.2 Å². The van der Waals surface area contributed by atoms with Crippen LogP contribution in [-0.2, 0) is 0 Å². The summed E-state index contributed by atoms with van der Waals surface area (Å²) in [6, 6.07) is 5.63. The number of nitrogens with two attached hydrogens (primary N) is 1. The van der Waals surface area contributed by atoms with E-state index in [-0.39, 0.29) is 6.04 Å². The van der Waals surface area contributed by atoms with Gasteiger partial charge in [-0.3, -0.25) is 0 Å². The highest BCUT2D eigenvalue weighted by Gasteiger charge is 2.08. The van der Waals surface area contributed by atoms with Gasteiger partial charge in [-0.2, -0.15) is 0 Å². The van der Waals surface area contributed by atoms with Gasteiger partial charge in [0, 0.05) is 6.04 Å². The van der Waals surface area contributed by atoms with Crippen molar-refractivity contribution < 1.29 is 9.47 Å². The molecular formula is C11H16NO2. The summed E-state index contributed by atoms with van der Waals surface area (Å²) in [5, 5.41) is 0. The van der Waals surface area contributed by atoms with Gasteiger partial charge >= 0.3 is 0 Å². The molecule has 0 heterocycles. The van der Waals surface area contributed by atoms with Gasteiger partial charge in [0.05, 0.1) is 14.2 Å². The van der Waals surface area contributed by atoms with Crippen molar-refractivity contribution in [1.29, 1.82) is 0 Å². The normalized spacial score (nSPS) is 12.3. The Kier molecular flexibility index (Phi) is 3.77. The van der Waals surface area contributed by atoms with Gasteiger partial charge in [-0.25, -0.2) is 0 Å². The highest BCUT2D eigenvalue weighted by Crippen LogP contribution is 2.29. The highest BCUT2D eigenvalue weighted by atomic mass is 16.5. The molecule has 2 N–H and O–H groups in total. The van der Waals surface area contributed by atoms with Gasteiger partial charge in [0.1, 0.15) is 0 Å². The third kappa shape index (κ3) is 2.17. The lowest BCUT2D eigenvalue weighted by atomic mass is 10.1. The number of rotatable bonds is 4. The Labute approximate surface area is 84.8 Å². The number of hydrogen-bond acceptors (Lipinski definition) is 3. The molecule has 1 unspecified atom stereocenters. The van der Waals surface area contributed by atoms with Crippen LogP contribution < -0.4 is 15.2 Å². The van der Waals surface area contributed by atoms with E-state index in [0.717, 1.165) is 11.3 Å². The van der Waals surface area contributed by atoms with Crippen molar-refractivity contribution in [3.05, 3.63) is 30.2 Å². The molecule has 0 spiro atoms. The van der Waals surface area contributed by atoms with Crippen LogP contribution in [0.2, 0.25) is 0 Å². The van der Waals surface area contributed by atoms with Crippen LogP contribution in [0.25, 0.3) is 0 Å². The van der Waals surface area contributed by atoms with Crippen molar-refractivity contribution in [2.24, 2.45) is 5.73 Å². The summed E-state index contributed by atoms with van der Waals surface area (Å²) in [4.78, 5) is 0. The van der Waals surface area contributed by atoms with E-state index in [2.05, 4.69) is 0 Å². The minimum Gasteiger partial charge on any atom is -0.493 e. The molecule has 1 aromatic rings. The molecule has 0 amide bonds. The highest BCUT2D eigenvalue weighted by molar-refractivity contribution is 5.44. The van der Waals surface area contributed by atoms with Gasteiger partial charge in [-0.1, -0.05) is 13.0 Å². The predicted octanol–water partition coefficient (Wildman–Crippen LogP) is 1.93. The van der Waals surface area contributed by atoms with E-state index < -0.39 is 0 Å². The quantitative estimate of drug-likeness (QED) is 0.796. The second-order valence-corrected chi connectivity index (χ2v) is 2.97. The smallest absolute Gasteiger partial charge is 0.161 e. The second kappa shape index (κ2) is 4.86. The van der Waals surface area contributed by atoms with Crippen LogP contribution in [0.4, 0.5) is 0 Å². The summed E-state index contributed by atoms with van der Waals surface area (Å²) in [6.07, 6.45) is 1.93. The number of ether oxygens (including phenoxy) is 2. The zero-order chi connectivity index (χ0) is 10.6. The first-order valence-corrected chi connectivity index (χ1v) is 4.50. The molecule has 14 heavy (non-hydrogen) atoms. The van der Waals surface area contributed by atoms with Crippen LogP contribution in [0.5, 0.6) is 11.5 Å². The molecule has 0 bridgehead atoms. The van der Waals surface area contributed by atoms with Crippen LogP contribution in [0.1, 0.15) is 18.5 Å². The average Bonchev–Trinajstić information content (AvgIpc) is 2.26. The van der Waals surface area contributed by atoms with Crippen molar-refractivity contribution in [1.82, 2.24) is 0 Å². The van der Waals surface area contributed by atoms with Crippen LogP contribution >= 0.6 is 0 Å². The predicted molar refractivity (Wildman–Crippen MR) is 56.4 cm³/mol. The second-order valence-electron chi connectivity index (χ2n) is 2.97. The summed E-state index contributed by atoms with van der Waals surface area (Å²) < 4.78 is 10.3. The molecule has 1 radical (unpaired) electrons. The molecule has 0 aliphatic heterocycles. The van der Waals surface area contributed by atoms with Gasteiger partial charge < -0.3 is 15.2 Å². The number of hydrogen-bond donors (Lipinski definition) is 1. The molecular weight excluding hydrogens is 178 g/mol. The Balaban J connectivity index is 3.01. The monoisotopic (exact) mass is 194 g/mol. The topological polar surface area (TPSA) is 44.5 Å². The molecule has 0 aromatic heterocycles. The molecule has 0 aliphatic rings. The van der Waals surface area contributed by atoms with E-state index in [9.17, 15) is 0 Å². The standard InChI is InChI=1S/C11H16NO2/c1-4-9(12)8-5-6-10(13-2)11(7-8)14-3/h4-7,9H,12H2,1-3H3. The Morgan fingerprint density at radius 3 is 2.36 bits per heavy atom. The first-order chi connectivity index (χ1) is 6.72. The van der Waals surface area contributed by atoms with Crippen LogP contribution in [0.3, 0.4) is 0 Å². The van der Waals surface area contributed by atoms with Crippen molar-refractivity contribution in [3.63, 3.8) is 0 Å². The van der Waals surface area contributed by atoms with Crippen LogP contribution in [0, 0.1) is 6.42 Å². The summed E-state index contributed by atoms with van der Waals surface area (Å²) in [7, 11) is 3.23. The molecule has 3 nitrogen and oxygen atoms in total. The summed E-state index contributed by atoms with van der Waals surface area (Å²) in [5.74, 6) is 1.43. The lowest BCUT2D eigenvalue weighted by Crippen LogP contribution is -2.09. The minimum atomic E-state index is -0.0604. The Bertz CT molecular complexity index is 299. The maximum absolute atomic E-state index is 5.86. The zero-order valence-electron chi connectivity index (χ0n) is 8.78. The molecule has 1 atom stereocenters. The molecule has 3 heteroatoms. The van der Waals surface area contributed by atoms with E-state index in [1.807, 2.05) is 31.5 Å². The summed E-state index contributed by atoms with van der Waals surface area (Å²) in [5.41, 5.74) is 6.88. The maximum atomic E-state index is 5.86. The SMILES string of the molecule is C[CH]C(N)c1ccc(OC)c(OC)c1. The molecule has 0 saturated heterocycles. The maximum Gasteiger partial charge on any atom is 0.161 e. The van der Waals surface area contributed by atoms with Gasteiger partial charge in [-0.05, 0) is 24.1 Å². The third-order valence-corrected chi connectivity index (χ3v) is 2.15. The van der Waals surface area contributed by atoms with Crippen LogP contribution in [0.15, 0.2) is 18.2 Å². The average molecular weight is 194 g/mol. The van der Waals surface area contributed by atoms with Crippen molar-refractivity contribution >= 4 is 0 Å². The molecule has 0 aliphatic carbocycles. The number of benzene rings is 1. The van der Waals surface area contributed by atoms with Crippen molar-refractivity contribution in [3.8, 4) is 11.5 Å². The first-order valence-electron chi connectivity index (χ1n) is 4.50. The molecule has 0 saturated carbocycles. The summed E-state index contributed by atoms with van der Waals surface area (Å²) >= 11 is 0. The lowest BCUT2D eigenvalue weighted by Gasteiger charge is -2.12.